The van der Waals surface area contributed by atoms with E-state index < -0.39 is 124 Å². The molecule has 19 heteroatoms. The maximum absolute atomic E-state index is 13.4. The summed E-state index contributed by atoms with van der Waals surface area (Å²) in [6.07, 6.45) is 44.6. The summed E-state index contributed by atoms with van der Waals surface area (Å²) in [5, 5.41) is 121. The smallest absolute Gasteiger partial charge is 0.220 e. The molecule has 1 amide bonds. The molecule has 3 aliphatic heterocycles. The van der Waals surface area contributed by atoms with Crippen molar-refractivity contribution in [1.82, 2.24) is 5.32 Å². The van der Waals surface area contributed by atoms with Crippen LogP contribution in [0, 0.1) is 0 Å². The van der Waals surface area contributed by atoms with E-state index in [1.165, 1.54) is 148 Å². The van der Waals surface area contributed by atoms with Gasteiger partial charge in [-0.05, 0) is 70.6 Å². The number of rotatable bonds is 57. The number of amides is 1. The van der Waals surface area contributed by atoms with Gasteiger partial charge in [-0.2, -0.15) is 0 Å². The van der Waals surface area contributed by atoms with E-state index in [1.807, 2.05) is 6.08 Å². The molecule has 0 aromatic heterocycles. The molecular weight excluding hydrogens is 1200 g/mol. The van der Waals surface area contributed by atoms with Crippen molar-refractivity contribution in [3.63, 3.8) is 0 Å². The predicted octanol–water partition coefficient (Wildman–Crippen LogP) is 10.9. The molecule has 0 spiro atoms. The van der Waals surface area contributed by atoms with Gasteiger partial charge in [0.25, 0.3) is 0 Å². The van der Waals surface area contributed by atoms with E-state index in [0.29, 0.717) is 12.8 Å². The largest absolute Gasteiger partial charge is 0.394 e. The number of unbranched alkanes of at least 4 members (excludes halogenated alkanes) is 31. The fourth-order valence-corrected chi connectivity index (χ4v) is 12.3. The Hall–Kier alpha value is -2.77. The van der Waals surface area contributed by atoms with Gasteiger partial charge in [0.05, 0.1) is 38.6 Å². The van der Waals surface area contributed by atoms with Gasteiger partial charge in [-0.25, -0.2) is 0 Å². The van der Waals surface area contributed by atoms with Gasteiger partial charge in [0, 0.05) is 6.42 Å². The van der Waals surface area contributed by atoms with E-state index in [2.05, 4.69) is 79.9 Å². The summed E-state index contributed by atoms with van der Waals surface area (Å²) in [5.41, 5.74) is 0. The maximum Gasteiger partial charge on any atom is 0.220 e. The predicted molar refractivity (Wildman–Crippen MR) is 369 cm³/mol. The molecule has 12 N–H and O–H groups in total. The van der Waals surface area contributed by atoms with Crippen LogP contribution in [-0.2, 0) is 33.2 Å². The van der Waals surface area contributed by atoms with Crippen molar-refractivity contribution in [2.45, 2.75) is 369 Å². The molecule has 17 unspecified atom stereocenters. The molecule has 3 heterocycles. The monoisotopic (exact) mass is 1340 g/mol. The van der Waals surface area contributed by atoms with Crippen LogP contribution in [0.25, 0.3) is 0 Å². The Bertz CT molecular complexity index is 1980. The van der Waals surface area contributed by atoms with E-state index in [0.717, 1.165) is 83.5 Å². The number of hydrogen-bond acceptors (Lipinski definition) is 18. The molecule has 3 rings (SSSR count). The first kappa shape index (κ1) is 85.5. The Balaban J connectivity index is 1.42. The van der Waals surface area contributed by atoms with Crippen LogP contribution in [0.2, 0.25) is 0 Å². The summed E-state index contributed by atoms with van der Waals surface area (Å²) in [6.45, 7) is 1.61. The normalized spacial score (nSPS) is 27.8. The quantitative estimate of drug-likeness (QED) is 0.0199. The Morgan fingerprint density at radius 2 is 0.745 bits per heavy atom. The van der Waals surface area contributed by atoms with Crippen LogP contribution in [0.3, 0.4) is 0 Å². The second-order valence-electron chi connectivity index (χ2n) is 26.4. The van der Waals surface area contributed by atoms with Gasteiger partial charge in [-0.15, -0.1) is 0 Å². The zero-order valence-corrected chi connectivity index (χ0v) is 57.9. The average Bonchev–Trinajstić information content (AvgIpc) is 0.787. The molecule has 94 heavy (non-hydrogen) atoms. The van der Waals surface area contributed by atoms with Crippen LogP contribution in [0.1, 0.15) is 264 Å². The lowest BCUT2D eigenvalue weighted by atomic mass is 9.96. The average molecular weight is 1340 g/mol. The van der Waals surface area contributed by atoms with Crippen molar-refractivity contribution in [3.8, 4) is 0 Å². The van der Waals surface area contributed by atoms with E-state index in [4.69, 9.17) is 28.4 Å². The van der Waals surface area contributed by atoms with Gasteiger partial charge in [0.1, 0.15) is 73.2 Å². The Morgan fingerprint density at radius 1 is 0.394 bits per heavy atom. The molecule has 3 fully saturated rings. The maximum atomic E-state index is 13.4. The fraction of sp³-hybridized carbons (Fsp3) is 0.827. The van der Waals surface area contributed by atoms with Crippen LogP contribution in [0.5, 0.6) is 0 Å². The van der Waals surface area contributed by atoms with E-state index >= 15 is 0 Å². The minimum atomic E-state index is -1.99. The Kier molecular flexibility index (Phi) is 50.9. The summed E-state index contributed by atoms with van der Waals surface area (Å²) in [4.78, 5) is 13.4. The summed E-state index contributed by atoms with van der Waals surface area (Å²) in [7, 11) is 0. The zero-order valence-electron chi connectivity index (χ0n) is 57.9. The van der Waals surface area contributed by atoms with Gasteiger partial charge >= 0.3 is 0 Å². The van der Waals surface area contributed by atoms with Crippen molar-refractivity contribution < 1.29 is 89.4 Å². The Morgan fingerprint density at radius 3 is 1.19 bits per heavy atom. The first-order valence-electron chi connectivity index (χ1n) is 37.2. The molecule has 0 aliphatic carbocycles. The lowest BCUT2D eigenvalue weighted by Gasteiger charge is -2.48. The van der Waals surface area contributed by atoms with Crippen molar-refractivity contribution in [2.75, 3.05) is 26.4 Å². The number of ether oxygens (including phenoxy) is 6. The molecule has 0 aromatic carbocycles. The topological polar surface area (TPSA) is 307 Å². The van der Waals surface area contributed by atoms with E-state index in [9.17, 15) is 61.0 Å². The first-order chi connectivity index (χ1) is 45.8. The van der Waals surface area contributed by atoms with Gasteiger partial charge < -0.3 is 89.9 Å². The number of carbonyl (C=O) groups excluding carboxylic acids is 1. The van der Waals surface area contributed by atoms with Gasteiger partial charge in [0.2, 0.25) is 5.91 Å². The summed E-state index contributed by atoms with van der Waals surface area (Å²) in [6, 6.07) is -1.00. The van der Waals surface area contributed by atoms with Gasteiger partial charge in [-0.1, -0.05) is 260 Å². The Labute approximate surface area is 566 Å². The molecule has 546 valence electrons. The summed E-state index contributed by atoms with van der Waals surface area (Å²) in [5.74, 6) is -0.300. The van der Waals surface area contributed by atoms with Crippen molar-refractivity contribution >= 4 is 5.91 Å². The van der Waals surface area contributed by atoms with Crippen molar-refractivity contribution in [2.24, 2.45) is 0 Å². The van der Waals surface area contributed by atoms with Crippen LogP contribution < -0.4 is 5.32 Å². The highest BCUT2D eigenvalue weighted by Gasteiger charge is 2.53. The third-order valence-electron chi connectivity index (χ3n) is 18.2. The SMILES string of the molecule is CC/C=C\C/C=C\C/C=C\C/C=C\CCCCCCCCC(=O)NC(COC1OC(CO)C(OC2OC(CO)C(OC3OC(CO)C(O)C(O)C3O)C(O)C2O)C(O)C1O)C(O)/C=C/CC/C=C/CCCCCCCCCCCCCCCCCCCCCCCCCC. The minimum Gasteiger partial charge on any atom is -0.394 e. The molecule has 0 bridgehead atoms. The zero-order chi connectivity index (χ0) is 68.2. The molecule has 0 radical (unpaired) electrons. The van der Waals surface area contributed by atoms with Gasteiger partial charge in [0.15, 0.2) is 18.9 Å². The standard InChI is InChI=1S/C75H133NO18/c1-3-5-7-9-11-13-15-17-19-21-23-24-25-26-27-28-29-30-31-32-33-35-36-38-40-42-44-46-48-50-52-59(80)58(76-63(81)53-51-49-47-45-43-41-39-37-34-22-20-18-16-14-12-10-8-6-4-2)57-89-73-69(87)66(84)71(61(55-78)91-73)94-75-70(88)67(85)72(62(56-79)92-75)93-74-68(86)65(83)64(82)60(54-77)90-74/h6,8,12,14,18,20,34,37,42,44,50,52,58-62,64-75,77-80,82-88H,3-5,7,9-11,13,15-17,19,21-33,35-36,38-41,43,45-49,51,53-57H2,1-2H3,(H,76,81)/b8-6-,14-12-,20-18-,37-34-,44-42+,52-50+. The number of aliphatic hydroxyl groups is 11. The number of aliphatic hydroxyl groups excluding tert-OH is 11. The van der Waals surface area contributed by atoms with E-state index in [1.54, 1.807) is 6.08 Å². The number of hydrogen-bond donors (Lipinski definition) is 12. The molecule has 0 aromatic rings. The van der Waals surface area contributed by atoms with Crippen molar-refractivity contribution in [1.29, 1.82) is 0 Å². The second kappa shape index (κ2) is 56.0. The molecule has 0 saturated carbocycles. The first-order valence-corrected chi connectivity index (χ1v) is 37.2. The highest BCUT2D eigenvalue weighted by molar-refractivity contribution is 5.76. The second-order valence-corrected chi connectivity index (χ2v) is 26.4. The minimum absolute atomic E-state index is 0.216. The number of allylic oxidation sites excluding steroid dienone is 11. The molecule has 17 atom stereocenters. The molecular formula is C75H133NO18. The van der Waals surface area contributed by atoms with Crippen LogP contribution in [0.4, 0.5) is 0 Å². The summed E-state index contributed by atoms with van der Waals surface area (Å²) < 4.78 is 34.4. The van der Waals surface area contributed by atoms with Gasteiger partial charge in [-0.3, -0.25) is 4.79 Å². The highest BCUT2D eigenvalue weighted by atomic mass is 16.8. The summed E-state index contributed by atoms with van der Waals surface area (Å²) >= 11 is 0. The lowest BCUT2D eigenvalue weighted by Crippen LogP contribution is -2.66. The van der Waals surface area contributed by atoms with Crippen LogP contribution >= 0.6 is 0 Å². The molecule has 19 nitrogen and oxygen atoms in total. The van der Waals surface area contributed by atoms with Crippen LogP contribution in [0.15, 0.2) is 72.9 Å². The van der Waals surface area contributed by atoms with E-state index in [-0.39, 0.29) is 18.9 Å². The number of carbonyl (C=O) groups is 1. The fourth-order valence-electron chi connectivity index (χ4n) is 12.3. The third-order valence-corrected chi connectivity index (χ3v) is 18.2. The molecule has 3 aliphatic rings. The molecule has 3 saturated heterocycles. The van der Waals surface area contributed by atoms with Crippen molar-refractivity contribution in [3.05, 3.63) is 72.9 Å². The lowest BCUT2D eigenvalue weighted by molar-refractivity contribution is -0.379. The number of nitrogens with one attached hydrogen (secondary N) is 1. The highest BCUT2D eigenvalue weighted by Crippen LogP contribution is 2.33. The van der Waals surface area contributed by atoms with Crippen LogP contribution in [-0.4, -0.2) is 193 Å². The third kappa shape index (κ3) is 36.9.